The van der Waals surface area contributed by atoms with E-state index in [0.29, 0.717) is 65.2 Å². The zero-order chi connectivity index (χ0) is 93.4. The van der Waals surface area contributed by atoms with E-state index in [0.717, 1.165) is 88.3 Å². The minimum Gasteiger partial charge on any atom is -0.360 e. The van der Waals surface area contributed by atoms with Gasteiger partial charge in [0.2, 0.25) is 0 Å². The van der Waals surface area contributed by atoms with E-state index in [2.05, 4.69) is 393 Å². The Bertz CT molecular complexity index is 5910. The molecular weight excluding hydrogens is 1700 g/mol. The van der Waals surface area contributed by atoms with Crippen molar-refractivity contribution in [3.8, 4) is 0 Å². The standard InChI is InChI=1S/3C11H13N.2C10H12N2.C10H11NO.C10H11NS.C9H11N3.C9H10N2O.C9H10N2S.C7H9N3S.2CH4/c1-9(2)11-7-6-10-5-3-4-8-12(10)11;1-9(2)10-6-8-12-7-4-3-5-11(10)12;1-9(2)12-8-7-10-5-3-4-6-11(10)12;1-8(2)10-6-5-9-4-3-7-11-12(9)10;3*1-7(2)10-8-5-3-4-6-9(8)11-12-10;1-6(2)8-9-7(11-12-8)4-3-5-10-9;2*1-6(2)9-8-7(11-12-9)4-3-5-10-8;1-4(2)5-6-7(10-9-5)11-3-8-6;;/h3*3-9H,1-2H3;3-8H,1-2H3;3-7H,1-2H3,(H,11,12);2*3-7H,1-2H3;3-6H,1-2H3,(H,11,12);2*3-6H,1-2H3;3-4H,1-2H3,(H,9,10);2*1H4. The van der Waals surface area contributed by atoms with Crippen LogP contribution < -0.4 is 0 Å². The number of benzene rings is 4. The van der Waals surface area contributed by atoms with Crippen LogP contribution >= 0.6 is 34.4 Å². The number of pyridine rings is 5. The molecule has 21 nitrogen and oxygen atoms in total. The molecule has 18 aromatic heterocycles. The Morgan fingerprint density at radius 3 is 1.51 bits per heavy atom. The molecule has 0 aliphatic heterocycles. The van der Waals surface area contributed by atoms with Gasteiger partial charge in [0.05, 0.1) is 38.3 Å². The van der Waals surface area contributed by atoms with Crippen molar-refractivity contribution >= 4 is 138 Å². The normalized spacial score (nSPS) is 11.1. The third kappa shape index (κ3) is 26.0. The minimum absolute atomic E-state index is 0. The van der Waals surface area contributed by atoms with E-state index in [-0.39, 0.29) is 14.9 Å². The van der Waals surface area contributed by atoms with Crippen LogP contribution in [-0.2, 0) is 0 Å². The summed E-state index contributed by atoms with van der Waals surface area (Å²) in [5.41, 5.74) is 24.4. The highest BCUT2D eigenvalue weighted by Crippen LogP contribution is 2.33. The van der Waals surface area contributed by atoms with E-state index < -0.39 is 0 Å². The van der Waals surface area contributed by atoms with E-state index in [1.807, 2.05) is 113 Å². The quantitative estimate of drug-likeness (QED) is 0.109. The molecule has 133 heavy (non-hydrogen) atoms. The summed E-state index contributed by atoms with van der Waals surface area (Å²) in [5.74, 6) is 6.86. The fourth-order valence-corrected chi connectivity index (χ4v) is 17.1. The third-order valence-corrected chi connectivity index (χ3v) is 24.8. The van der Waals surface area contributed by atoms with Gasteiger partial charge in [0.25, 0.3) is 0 Å². The highest BCUT2D eigenvalue weighted by Gasteiger charge is 2.17. The van der Waals surface area contributed by atoms with Crippen molar-refractivity contribution in [1.82, 2.24) is 92.6 Å². The number of nitrogens with one attached hydrogen (secondary N) is 3. The lowest BCUT2D eigenvalue weighted by Gasteiger charge is -2.08. The van der Waals surface area contributed by atoms with Gasteiger partial charge in [-0.25, -0.2) is 9.50 Å². The van der Waals surface area contributed by atoms with Gasteiger partial charge in [-0.05, 0) is 235 Å². The second kappa shape index (κ2) is 48.8. The lowest BCUT2D eigenvalue weighted by Crippen LogP contribution is -1.97. The first-order chi connectivity index (χ1) is 63.2. The first kappa shape index (κ1) is 102. The molecule has 0 aliphatic carbocycles. The average Bonchev–Trinajstić information content (AvgIpc) is 1.66. The van der Waals surface area contributed by atoms with E-state index in [1.165, 1.54) is 70.6 Å². The van der Waals surface area contributed by atoms with Crippen molar-refractivity contribution in [2.75, 3.05) is 0 Å². The highest BCUT2D eigenvalue weighted by atomic mass is 32.1. The van der Waals surface area contributed by atoms with Crippen LogP contribution in [0.25, 0.3) is 104 Å². The molecule has 0 saturated heterocycles. The van der Waals surface area contributed by atoms with Gasteiger partial charge in [0.1, 0.15) is 49.9 Å². The zero-order valence-electron chi connectivity index (χ0n) is 79.5. The molecule has 0 atom stereocenters. The molecular formula is C109H133N19O2S3. The van der Waals surface area contributed by atoms with Crippen LogP contribution in [0.4, 0.5) is 0 Å². The maximum atomic E-state index is 5.23. The molecule has 0 unspecified atom stereocenters. The van der Waals surface area contributed by atoms with Crippen LogP contribution in [0.15, 0.2) is 283 Å². The van der Waals surface area contributed by atoms with Crippen molar-refractivity contribution < 1.29 is 9.05 Å². The predicted molar refractivity (Wildman–Crippen MR) is 561 cm³/mol. The summed E-state index contributed by atoms with van der Waals surface area (Å²) in [6.45, 7) is 47.6. The van der Waals surface area contributed by atoms with E-state index in [4.69, 9.17) is 9.05 Å². The third-order valence-electron chi connectivity index (χ3n) is 21.7. The van der Waals surface area contributed by atoms with Crippen LogP contribution in [0.2, 0.25) is 0 Å². The maximum Gasteiger partial charge on any atom is 0.165 e. The Hall–Kier alpha value is -13.2. The number of aromatic nitrogens is 19. The smallest absolute Gasteiger partial charge is 0.165 e. The van der Waals surface area contributed by atoms with E-state index in [1.54, 1.807) is 46.8 Å². The first-order valence-corrected chi connectivity index (χ1v) is 47.8. The van der Waals surface area contributed by atoms with Crippen molar-refractivity contribution in [1.29, 1.82) is 0 Å². The van der Waals surface area contributed by atoms with Gasteiger partial charge in [-0.15, -0.1) is 11.3 Å². The topological polar surface area (TPSA) is 246 Å². The van der Waals surface area contributed by atoms with Crippen LogP contribution in [0.3, 0.4) is 0 Å². The number of fused-ring (bicyclic) bond motifs is 11. The Kier molecular flexibility index (Phi) is 37.4. The van der Waals surface area contributed by atoms with Crippen LogP contribution in [0.1, 0.15) is 288 Å². The van der Waals surface area contributed by atoms with Gasteiger partial charge < -0.3 is 22.4 Å². The predicted octanol–water partition coefficient (Wildman–Crippen LogP) is 31.5. The Labute approximate surface area is 795 Å². The van der Waals surface area contributed by atoms with Gasteiger partial charge >= 0.3 is 0 Å². The Morgan fingerprint density at radius 2 is 0.835 bits per heavy atom. The molecule has 18 heterocycles. The highest BCUT2D eigenvalue weighted by molar-refractivity contribution is 7.16. The van der Waals surface area contributed by atoms with Gasteiger partial charge in [-0.3, -0.25) is 30.2 Å². The number of thiazole rings is 1. The molecule has 0 aliphatic rings. The molecule has 3 N–H and O–H groups in total. The lowest BCUT2D eigenvalue weighted by atomic mass is 10.1. The van der Waals surface area contributed by atoms with Crippen LogP contribution in [-0.4, -0.2) is 92.6 Å². The molecule has 24 heteroatoms. The van der Waals surface area contributed by atoms with E-state index >= 15 is 0 Å². The zero-order valence-corrected chi connectivity index (χ0v) is 82.0. The van der Waals surface area contributed by atoms with E-state index in [9.17, 15) is 0 Å². The average molecular weight is 1840 g/mol. The number of rotatable bonds is 11. The summed E-state index contributed by atoms with van der Waals surface area (Å²) >= 11 is 4.75. The summed E-state index contributed by atoms with van der Waals surface area (Å²) < 4.78 is 27.8. The number of aromatic amines is 3. The number of hydrogen-bond donors (Lipinski definition) is 3. The van der Waals surface area contributed by atoms with Gasteiger partial charge in [-0.2, -0.15) is 29.1 Å². The van der Waals surface area contributed by atoms with Crippen molar-refractivity contribution in [2.45, 2.75) is 232 Å². The molecule has 0 fully saturated rings. The summed E-state index contributed by atoms with van der Waals surface area (Å²) in [6.07, 6.45) is 15.7. The molecule has 694 valence electrons. The van der Waals surface area contributed by atoms with Crippen molar-refractivity contribution in [2.24, 2.45) is 0 Å². The molecule has 4 aromatic carbocycles. The number of hydrogen-bond acceptors (Lipinski definition) is 17. The lowest BCUT2D eigenvalue weighted by molar-refractivity contribution is 0.378. The SMILES string of the molecule is C.C.CC(C)c1[nH]nc2ccccc12.CC(C)c1[nH]nc2cccnc12.CC(C)c1[nH]nc2scnc12.CC(C)c1ccc2ccccn12.CC(C)c1ccc2cccnn12.CC(C)c1ccn2ccccc12.CC(C)c1onc2ccccc12.CC(C)c1onc2cccnc12.CC(C)c1snc2ccccc12.CC(C)c1snc2cccnc12.CC(C)n1ccc2ccccc21. The molecule has 0 saturated carbocycles. The summed E-state index contributed by atoms with van der Waals surface area (Å²) in [4.78, 5) is 20.7. The number of para-hydroxylation sites is 2. The minimum atomic E-state index is 0. The summed E-state index contributed by atoms with van der Waals surface area (Å²) in [7, 11) is 0. The monoisotopic (exact) mass is 1840 g/mol. The van der Waals surface area contributed by atoms with Crippen molar-refractivity contribution in [3.63, 3.8) is 0 Å². The van der Waals surface area contributed by atoms with Crippen LogP contribution in [0.5, 0.6) is 0 Å². The molecule has 22 aromatic rings. The first-order valence-electron chi connectivity index (χ1n) is 45.4. The van der Waals surface area contributed by atoms with Gasteiger partial charge in [-0.1, -0.05) is 243 Å². The second-order valence-electron chi connectivity index (χ2n) is 35.3. The maximum absolute atomic E-state index is 5.23. The fourth-order valence-electron chi connectivity index (χ4n) is 14.8. The Balaban J connectivity index is 0.000000151. The van der Waals surface area contributed by atoms with Gasteiger partial charge in [0.15, 0.2) is 10.6 Å². The summed E-state index contributed by atoms with van der Waals surface area (Å²) in [5, 5.41) is 38.7. The van der Waals surface area contributed by atoms with Crippen LogP contribution in [0, 0.1) is 0 Å². The molecule has 0 spiro atoms. The molecule has 0 radical (unpaired) electrons. The fraction of sp³-hybridized carbons (Fsp3) is 0.321. The second-order valence-corrected chi connectivity index (χ2v) is 37.8. The number of H-pyrrole nitrogens is 3. The van der Waals surface area contributed by atoms with Gasteiger partial charge in [0, 0.05) is 122 Å². The molecule has 0 bridgehead atoms. The summed E-state index contributed by atoms with van der Waals surface area (Å²) in [6, 6.07) is 74.6. The molecule has 0 amide bonds. The largest absolute Gasteiger partial charge is 0.360 e. The number of nitrogens with zero attached hydrogens (tertiary/aromatic N) is 16. The Morgan fingerprint density at radius 1 is 0.323 bits per heavy atom. The molecule has 22 rings (SSSR count). The van der Waals surface area contributed by atoms with Crippen molar-refractivity contribution in [3.05, 3.63) is 329 Å².